The molecule has 2 fully saturated rings. The van der Waals surface area contributed by atoms with Gasteiger partial charge in [-0.2, -0.15) is 11.8 Å². The van der Waals surface area contributed by atoms with Gasteiger partial charge in [0.2, 0.25) is 0 Å². The van der Waals surface area contributed by atoms with Crippen molar-refractivity contribution in [2.24, 2.45) is 5.92 Å². The minimum absolute atomic E-state index is 0.789. The molecule has 0 radical (unpaired) electrons. The standard InChI is InChI=1S/C14H28N2S/c1-3-13-10-15-14(12-6-7-12)11-16(13)8-5-9-17-4-2/h12-15H,3-11H2,1-2H3. The van der Waals surface area contributed by atoms with Crippen molar-refractivity contribution in [3.8, 4) is 0 Å². The van der Waals surface area contributed by atoms with Crippen molar-refractivity contribution in [3.63, 3.8) is 0 Å². The Kier molecular flexibility index (Phi) is 5.64. The Morgan fingerprint density at radius 3 is 2.76 bits per heavy atom. The number of thioether (sulfide) groups is 1. The zero-order valence-electron chi connectivity index (χ0n) is 11.5. The Labute approximate surface area is 111 Å². The molecule has 1 aliphatic carbocycles. The van der Waals surface area contributed by atoms with Gasteiger partial charge in [-0.25, -0.2) is 0 Å². The third-order valence-corrected chi connectivity index (χ3v) is 5.15. The molecule has 0 aromatic rings. The largest absolute Gasteiger partial charge is 0.311 e. The van der Waals surface area contributed by atoms with Crippen LogP contribution in [0.3, 0.4) is 0 Å². The van der Waals surface area contributed by atoms with Gasteiger partial charge in [-0.3, -0.25) is 4.90 Å². The second-order valence-electron chi connectivity index (χ2n) is 5.46. The summed E-state index contributed by atoms with van der Waals surface area (Å²) in [5, 5.41) is 3.77. The van der Waals surface area contributed by atoms with Crippen molar-refractivity contribution >= 4 is 11.8 Å². The van der Waals surface area contributed by atoms with Crippen molar-refractivity contribution in [1.29, 1.82) is 0 Å². The maximum absolute atomic E-state index is 3.77. The van der Waals surface area contributed by atoms with Crippen LogP contribution in [0.4, 0.5) is 0 Å². The first-order chi connectivity index (χ1) is 8.35. The first kappa shape index (κ1) is 13.7. The maximum atomic E-state index is 3.77. The Balaban J connectivity index is 1.73. The van der Waals surface area contributed by atoms with Crippen LogP contribution in [0.1, 0.15) is 39.5 Å². The van der Waals surface area contributed by atoms with E-state index in [0.29, 0.717) is 0 Å². The molecule has 1 heterocycles. The van der Waals surface area contributed by atoms with E-state index < -0.39 is 0 Å². The molecular formula is C14H28N2S. The zero-order chi connectivity index (χ0) is 12.1. The van der Waals surface area contributed by atoms with E-state index in [1.54, 1.807) is 0 Å². The topological polar surface area (TPSA) is 15.3 Å². The number of piperazine rings is 1. The molecule has 2 atom stereocenters. The number of nitrogens with one attached hydrogen (secondary N) is 1. The third-order valence-electron chi connectivity index (χ3n) is 4.16. The van der Waals surface area contributed by atoms with Crippen molar-refractivity contribution in [1.82, 2.24) is 10.2 Å². The van der Waals surface area contributed by atoms with Crippen molar-refractivity contribution < 1.29 is 0 Å². The van der Waals surface area contributed by atoms with E-state index in [1.807, 2.05) is 0 Å². The lowest BCUT2D eigenvalue weighted by Crippen LogP contribution is -2.57. The summed E-state index contributed by atoms with van der Waals surface area (Å²) in [6.07, 6.45) is 5.60. The average Bonchev–Trinajstić information content (AvgIpc) is 3.18. The molecule has 0 amide bonds. The number of nitrogens with zero attached hydrogens (tertiary/aromatic N) is 1. The number of hydrogen-bond acceptors (Lipinski definition) is 3. The van der Waals surface area contributed by atoms with Crippen LogP contribution < -0.4 is 5.32 Å². The molecule has 0 spiro atoms. The summed E-state index contributed by atoms with van der Waals surface area (Å²) in [7, 11) is 0. The van der Waals surface area contributed by atoms with E-state index >= 15 is 0 Å². The second kappa shape index (κ2) is 7.01. The quantitative estimate of drug-likeness (QED) is 0.705. The lowest BCUT2D eigenvalue weighted by Gasteiger charge is -2.40. The molecule has 2 aliphatic rings. The summed E-state index contributed by atoms with van der Waals surface area (Å²) in [6.45, 7) is 8.43. The minimum Gasteiger partial charge on any atom is -0.311 e. The molecule has 3 heteroatoms. The maximum Gasteiger partial charge on any atom is 0.0224 e. The molecule has 17 heavy (non-hydrogen) atoms. The number of rotatable bonds is 7. The molecule has 1 N–H and O–H groups in total. The summed E-state index contributed by atoms with van der Waals surface area (Å²) in [4.78, 5) is 2.76. The first-order valence-electron chi connectivity index (χ1n) is 7.40. The highest BCUT2D eigenvalue weighted by molar-refractivity contribution is 7.99. The normalized spacial score (nSPS) is 30.7. The van der Waals surface area contributed by atoms with Gasteiger partial charge in [0.05, 0.1) is 0 Å². The summed E-state index contributed by atoms with van der Waals surface area (Å²) in [5.74, 6) is 3.61. The van der Waals surface area contributed by atoms with Crippen LogP contribution in [-0.4, -0.2) is 48.1 Å². The van der Waals surface area contributed by atoms with E-state index in [2.05, 4.69) is 35.8 Å². The van der Waals surface area contributed by atoms with Crippen LogP contribution in [0.5, 0.6) is 0 Å². The Morgan fingerprint density at radius 1 is 1.29 bits per heavy atom. The SMILES string of the molecule is CCSCCCN1CC(C2CC2)NCC1CC. The van der Waals surface area contributed by atoms with Crippen LogP contribution >= 0.6 is 11.8 Å². The van der Waals surface area contributed by atoms with Gasteiger partial charge >= 0.3 is 0 Å². The molecule has 1 aliphatic heterocycles. The molecule has 2 rings (SSSR count). The number of hydrogen-bond donors (Lipinski definition) is 1. The van der Waals surface area contributed by atoms with Crippen molar-refractivity contribution in [2.75, 3.05) is 31.1 Å². The summed E-state index contributed by atoms with van der Waals surface area (Å²) < 4.78 is 0. The lowest BCUT2D eigenvalue weighted by molar-refractivity contribution is 0.119. The molecule has 0 aromatic carbocycles. The van der Waals surface area contributed by atoms with Gasteiger partial charge < -0.3 is 5.32 Å². The Hall–Kier alpha value is 0.270. The van der Waals surface area contributed by atoms with Crippen LogP contribution in [0, 0.1) is 5.92 Å². The zero-order valence-corrected chi connectivity index (χ0v) is 12.3. The van der Waals surface area contributed by atoms with Gasteiger partial charge in [0.15, 0.2) is 0 Å². The monoisotopic (exact) mass is 256 g/mol. The molecule has 100 valence electrons. The highest BCUT2D eigenvalue weighted by Gasteiger charge is 2.36. The second-order valence-corrected chi connectivity index (χ2v) is 6.85. The molecule has 0 bridgehead atoms. The molecule has 0 aromatic heterocycles. The van der Waals surface area contributed by atoms with E-state index in [9.17, 15) is 0 Å². The van der Waals surface area contributed by atoms with Crippen molar-refractivity contribution in [2.45, 2.75) is 51.6 Å². The molecular weight excluding hydrogens is 228 g/mol. The van der Waals surface area contributed by atoms with Crippen LogP contribution in [-0.2, 0) is 0 Å². The molecule has 1 saturated carbocycles. The third kappa shape index (κ3) is 4.15. The lowest BCUT2D eigenvalue weighted by atomic mass is 10.0. The predicted molar refractivity (Wildman–Crippen MR) is 77.8 cm³/mol. The van der Waals surface area contributed by atoms with Crippen molar-refractivity contribution in [3.05, 3.63) is 0 Å². The highest BCUT2D eigenvalue weighted by atomic mass is 32.2. The summed E-state index contributed by atoms with van der Waals surface area (Å²) in [6, 6.07) is 1.59. The average molecular weight is 256 g/mol. The van der Waals surface area contributed by atoms with E-state index in [0.717, 1.165) is 18.0 Å². The smallest absolute Gasteiger partial charge is 0.0224 e. The first-order valence-corrected chi connectivity index (χ1v) is 8.55. The van der Waals surface area contributed by atoms with Gasteiger partial charge in [0.1, 0.15) is 0 Å². The minimum atomic E-state index is 0.789. The van der Waals surface area contributed by atoms with E-state index in [4.69, 9.17) is 0 Å². The van der Waals surface area contributed by atoms with Crippen LogP contribution in [0.15, 0.2) is 0 Å². The van der Waals surface area contributed by atoms with Gasteiger partial charge in [0, 0.05) is 25.2 Å². The molecule has 2 unspecified atom stereocenters. The summed E-state index contributed by atoms with van der Waals surface area (Å²) in [5.41, 5.74) is 0. The highest BCUT2D eigenvalue weighted by Crippen LogP contribution is 2.34. The summed E-state index contributed by atoms with van der Waals surface area (Å²) >= 11 is 2.08. The molecule has 2 nitrogen and oxygen atoms in total. The van der Waals surface area contributed by atoms with Crippen LogP contribution in [0.25, 0.3) is 0 Å². The molecule has 1 saturated heterocycles. The van der Waals surface area contributed by atoms with Gasteiger partial charge in [0.25, 0.3) is 0 Å². The van der Waals surface area contributed by atoms with E-state index in [-0.39, 0.29) is 0 Å². The fourth-order valence-corrected chi connectivity index (χ4v) is 3.51. The fourth-order valence-electron chi connectivity index (χ4n) is 2.89. The predicted octanol–water partition coefficient (Wildman–Crippen LogP) is 2.59. The Bertz CT molecular complexity index is 218. The van der Waals surface area contributed by atoms with Gasteiger partial charge in [-0.15, -0.1) is 0 Å². The van der Waals surface area contributed by atoms with Crippen LogP contribution in [0.2, 0.25) is 0 Å². The van der Waals surface area contributed by atoms with Gasteiger partial charge in [-0.1, -0.05) is 13.8 Å². The Morgan fingerprint density at radius 2 is 2.12 bits per heavy atom. The van der Waals surface area contributed by atoms with E-state index in [1.165, 1.54) is 56.8 Å². The fraction of sp³-hybridized carbons (Fsp3) is 1.00. The van der Waals surface area contributed by atoms with Gasteiger partial charge in [-0.05, 0) is 49.7 Å².